The second kappa shape index (κ2) is 5.34. The molecule has 3 unspecified atom stereocenters. The second-order valence-electron chi connectivity index (χ2n) is 6.73. The summed E-state index contributed by atoms with van der Waals surface area (Å²) < 4.78 is 1.28. The van der Waals surface area contributed by atoms with Gasteiger partial charge in [-0.3, -0.25) is 0 Å². The average molecular weight is 301 g/mol. The maximum Gasteiger partial charge on any atom is 0.0954 e. The Balaban J connectivity index is 1.47. The molecule has 3 nitrogen and oxygen atoms in total. The van der Waals surface area contributed by atoms with E-state index in [4.69, 9.17) is 10.7 Å². The van der Waals surface area contributed by atoms with Gasteiger partial charge in [0.1, 0.15) is 0 Å². The van der Waals surface area contributed by atoms with Crippen LogP contribution in [0.15, 0.2) is 24.3 Å². The van der Waals surface area contributed by atoms with Crippen molar-refractivity contribution >= 4 is 21.6 Å². The van der Waals surface area contributed by atoms with Crippen LogP contribution in [0.4, 0.5) is 0 Å². The first kappa shape index (κ1) is 13.7. The van der Waals surface area contributed by atoms with E-state index in [2.05, 4.69) is 36.2 Å². The van der Waals surface area contributed by atoms with E-state index in [1.165, 1.54) is 35.4 Å². The Hall–Kier alpha value is -0.970. The first-order valence-corrected chi connectivity index (χ1v) is 8.84. The van der Waals surface area contributed by atoms with Gasteiger partial charge in [-0.25, -0.2) is 4.98 Å². The lowest BCUT2D eigenvalue weighted by molar-refractivity contribution is 0.120. The molecule has 4 heteroatoms. The molecule has 0 saturated carbocycles. The average Bonchev–Trinajstić information content (AvgIpc) is 2.94. The molecule has 0 spiro atoms. The molecular weight excluding hydrogens is 278 g/mol. The molecule has 2 fully saturated rings. The van der Waals surface area contributed by atoms with Gasteiger partial charge in [0.15, 0.2) is 0 Å². The molecule has 0 aliphatic carbocycles. The summed E-state index contributed by atoms with van der Waals surface area (Å²) >= 11 is 1.81. The van der Waals surface area contributed by atoms with Crippen LogP contribution in [0.1, 0.15) is 30.7 Å². The molecule has 21 heavy (non-hydrogen) atoms. The summed E-state index contributed by atoms with van der Waals surface area (Å²) in [6.07, 6.45) is 6.22. The van der Waals surface area contributed by atoms with Crippen LogP contribution in [0.5, 0.6) is 0 Å². The fraction of sp³-hybridized carbons (Fsp3) is 0.588. The van der Waals surface area contributed by atoms with Crippen molar-refractivity contribution in [1.29, 1.82) is 0 Å². The van der Waals surface area contributed by atoms with Gasteiger partial charge in [0, 0.05) is 24.5 Å². The van der Waals surface area contributed by atoms with Crippen molar-refractivity contribution in [3.63, 3.8) is 0 Å². The summed E-state index contributed by atoms with van der Waals surface area (Å²) in [6.45, 7) is 0. The van der Waals surface area contributed by atoms with Gasteiger partial charge in [-0.15, -0.1) is 11.3 Å². The molecular formula is C17H23N3S. The van der Waals surface area contributed by atoms with Crippen LogP contribution in [-0.4, -0.2) is 35.1 Å². The maximum atomic E-state index is 6.55. The van der Waals surface area contributed by atoms with Crippen LogP contribution in [0.3, 0.4) is 0 Å². The normalized spacial score (nSPS) is 30.9. The SMILES string of the molecule is CN1C2CCC1CC(C(N)Cc1nc3ccccc3s1)C2. The van der Waals surface area contributed by atoms with Crippen LogP contribution < -0.4 is 5.73 Å². The standard InChI is InChI=1S/C17H23N3S/c1-20-12-6-7-13(20)9-11(8-12)14(18)10-17-19-15-4-2-3-5-16(15)21-17/h2-5,11-14H,6-10,18H2,1H3. The highest BCUT2D eigenvalue weighted by Crippen LogP contribution is 2.39. The minimum absolute atomic E-state index is 0.266. The van der Waals surface area contributed by atoms with E-state index in [1.54, 1.807) is 11.3 Å². The van der Waals surface area contributed by atoms with Crippen molar-refractivity contribution < 1.29 is 0 Å². The number of fused-ring (bicyclic) bond motifs is 3. The van der Waals surface area contributed by atoms with Gasteiger partial charge in [0.05, 0.1) is 15.2 Å². The van der Waals surface area contributed by atoms with Crippen LogP contribution in [0, 0.1) is 5.92 Å². The molecule has 112 valence electrons. The maximum absolute atomic E-state index is 6.55. The Morgan fingerprint density at radius 2 is 2.00 bits per heavy atom. The van der Waals surface area contributed by atoms with Gasteiger partial charge in [-0.2, -0.15) is 0 Å². The van der Waals surface area contributed by atoms with Gasteiger partial charge < -0.3 is 10.6 Å². The zero-order valence-electron chi connectivity index (χ0n) is 12.5. The van der Waals surface area contributed by atoms with Gasteiger partial charge in [0.2, 0.25) is 0 Å². The Bertz CT molecular complexity index is 591. The van der Waals surface area contributed by atoms with Crippen molar-refractivity contribution in [3.8, 4) is 0 Å². The first-order chi connectivity index (χ1) is 10.2. The summed E-state index contributed by atoms with van der Waals surface area (Å²) in [7, 11) is 2.29. The molecule has 1 aromatic heterocycles. The molecule has 2 aliphatic rings. The summed E-state index contributed by atoms with van der Waals surface area (Å²) in [4.78, 5) is 7.33. The number of hydrogen-bond acceptors (Lipinski definition) is 4. The van der Waals surface area contributed by atoms with Crippen molar-refractivity contribution in [2.24, 2.45) is 11.7 Å². The Labute approximate surface area is 130 Å². The molecule has 2 aliphatic heterocycles. The fourth-order valence-corrected chi connectivity index (χ4v) is 5.22. The number of piperidine rings is 1. The van der Waals surface area contributed by atoms with E-state index < -0.39 is 0 Å². The molecule has 2 N–H and O–H groups in total. The number of nitrogens with two attached hydrogens (primary N) is 1. The lowest BCUT2D eigenvalue weighted by Gasteiger charge is -2.38. The molecule has 2 aromatic rings. The number of para-hydroxylation sites is 1. The first-order valence-electron chi connectivity index (χ1n) is 8.02. The lowest BCUT2D eigenvalue weighted by Crippen LogP contribution is -2.46. The van der Waals surface area contributed by atoms with Crippen LogP contribution in [0.25, 0.3) is 10.2 Å². The van der Waals surface area contributed by atoms with Crippen LogP contribution >= 0.6 is 11.3 Å². The van der Waals surface area contributed by atoms with Crippen LogP contribution in [-0.2, 0) is 6.42 Å². The zero-order chi connectivity index (χ0) is 14.4. The van der Waals surface area contributed by atoms with Crippen molar-refractivity contribution in [2.45, 2.75) is 50.2 Å². The van der Waals surface area contributed by atoms with E-state index in [0.29, 0.717) is 5.92 Å². The predicted molar refractivity (Wildman–Crippen MR) is 88.6 cm³/mol. The van der Waals surface area contributed by atoms with E-state index in [9.17, 15) is 0 Å². The minimum atomic E-state index is 0.266. The minimum Gasteiger partial charge on any atom is -0.327 e. The van der Waals surface area contributed by atoms with Crippen molar-refractivity contribution in [1.82, 2.24) is 9.88 Å². The number of aromatic nitrogens is 1. The zero-order valence-corrected chi connectivity index (χ0v) is 13.4. The Morgan fingerprint density at radius 3 is 2.71 bits per heavy atom. The number of nitrogens with zero attached hydrogens (tertiary/aromatic N) is 2. The number of benzene rings is 1. The van der Waals surface area contributed by atoms with Gasteiger partial charge in [-0.1, -0.05) is 12.1 Å². The van der Waals surface area contributed by atoms with Crippen molar-refractivity contribution in [2.75, 3.05) is 7.05 Å². The highest BCUT2D eigenvalue weighted by molar-refractivity contribution is 7.18. The largest absolute Gasteiger partial charge is 0.327 e. The molecule has 4 rings (SSSR count). The highest BCUT2D eigenvalue weighted by atomic mass is 32.1. The Kier molecular flexibility index (Phi) is 3.48. The fourth-order valence-electron chi connectivity index (χ4n) is 4.18. The van der Waals surface area contributed by atoms with Gasteiger partial charge >= 0.3 is 0 Å². The molecule has 0 radical (unpaired) electrons. The molecule has 3 atom stereocenters. The van der Waals surface area contributed by atoms with Crippen molar-refractivity contribution in [3.05, 3.63) is 29.3 Å². The van der Waals surface area contributed by atoms with E-state index in [0.717, 1.165) is 24.0 Å². The number of thiazole rings is 1. The predicted octanol–water partition coefficient (Wildman–Crippen LogP) is 3.04. The summed E-state index contributed by atoms with van der Waals surface area (Å²) in [6, 6.07) is 10.2. The van der Waals surface area contributed by atoms with Gasteiger partial charge in [-0.05, 0) is 50.8 Å². The quantitative estimate of drug-likeness (QED) is 0.947. The van der Waals surface area contributed by atoms with Crippen LogP contribution in [0.2, 0.25) is 0 Å². The van der Waals surface area contributed by atoms with E-state index in [-0.39, 0.29) is 6.04 Å². The third-order valence-corrected chi connectivity index (χ3v) is 6.55. The second-order valence-corrected chi connectivity index (χ2v) is 7.84. The third kappa shape index (κ3) is 2.50. The van der Waals surface area contributed by atoms with E-state index in [1.807, 2.05) is 0 Å². The third-order valence-electron chi connectivity index (χ3n) is 5.49. The molecule has 2 bridgehead atoms. The van der Waals surface area contributed by atoms with E-state index >= 15 is 0 Å². The summed E-state index contributed by atoms with van der Waals surface area (Å²) in [5, 5.41) is 1.20. The monoisotopic (exact) mass is 301 g/mol. The summed E-state index contributed by atoms with van der Waals surface area (Å²) in [5.74, 6) is 0.672. The molecule has 0 amide bonds. The smallest absolute Gasteiger partial charge is 0.0954 e. The summed E-state index contributed by atoms with van der Waals surface area (Å²) in [5.41, 5.74) is 7.67. The molecule has 1 aromatic carbocycles. The molecule has 2 saturated heterocycles. The lowest BCUT2D eigenvalue weighted by atomic mass is 9.84. The topological polar surface area (TPSA) is 42.1 Å². The molecule has 3 heterocycles. The van der Waals surface area contributed by atoms with Gasteiger partial charge in [0.25, 0.3) is 0 Å². The highest BCUT2D eigenvalue weighted by Gasteiger charge is 2.40. The Morgan fingerprint density at radius 1 is 1.29 bits per heavy atom. The number of hydrogen-bond donors (Lipinski definition) is 1. The number of rotatable bonds is 3.